The van der Waals surface area contributed by atoms with Gasteiger partial charge in [-0.25, -0.2) is 17.8 Å². The molecule has 0 radical (unpaired) electrons. The third-order valence-electron chi connectivity index (χ3n) is 6.66. The summed E-state index contributed by atoms with van der Waals surface area (Å²) in [5.41, 5.74) is 0.199. The van der Waals surface area contributed by atoms with Crippen LogP contribution in [0.1, 0.15) is 25.3 Å². The summed E-state index contributed by atoms with van der Waals surface area (Å²) in [5, 5.41) is -0.278. The number of methoxy groups -OCH3 is 1. The number of anilines is 2. The Balaban J connectivity index is 1.59. The van der Waals surface area contributed by atoms with E-state index in [1.54, 1.807) is 13.2 Å². The summed E-state index contributed by atoms with van der Waals surface area (Å²) in [7, 11) is -2.70. The molecular weight excluding hydrogens is 486 g/mol. The highest BCUT2D eigenvalue weighted by Gasteiger charge is 2.42. The molecule has 2 aliphatic rings. The molecule has 0 aliphatic carbocycles. The molecule has 0 bridgehead atoms. The lowest BCUT2D eigenvalue weighted by Crippen LogP contribution is -2.46. The number of aryl methyl sites for hydroxylation is 1. The molecular formula is C23H29ClF2N4O3S. The lowest BCUT2D eigenvalue weighted by Gasteiger charge is -2.33. The second kappa shape index (κ2) is 9.56. The summed E-state index contributed by atoms with van der Waals surface area (Å²) in [6.07, 6.45) is 1.91. The first-order valence-corrected chi connectivity index (χ1v) is 13.1. The smallest absolute Gasteiger partial charge is 0.266 e. The molecule has 2 saturated heterocycles. The van der Waals surface area contributed by atoms with E-state index < -0.39 is 32.3 Å². The highest BCUT2D eigenvalue weighted by atomic mass is 35.5. The van der Waals surface area contributed by atoms with Gasteiger partial charge in [-0.15, -0.1) is 0 Å². The van der Waals surface area contributed by atoms with Crippen LogP contribution in [0.4, 0.5) is 20.3 Å². The average Bonchev–Trinajstić information content (AvgIpc) is 3.37. The number of hydrogen-bond donors (Lipinski definition) is 1. The van der Waals surface area contributed by atoms with E-state index in [0.29, 0.717) is 24.7 Å². The Labute approximate surface area is 204 Å². The fraction of sp³-hybridized carbons (Fsp3) is 0.522. The van der Waals surface area contributed by atoms with E-state index in [1.165, 1.54) is 19.1 Å². The van der Waals surface area contributed by atoms with Crippen molar-refractivity contribution in [1.82, 2.24) is 9.88 Å². The third kappa shape index (κ3) is 5.00. The number of hydrogen-bond acceptors (Lipinski definition) is 6. The molecule has 3 heterocycles. The molecule has 4 rings (SSSR count). The molecule has 2 aromatic rings. The van der Waals surface area contributed by atoms with Crippen molar-refractivity contribution in [2.75, 3.05) is 49.5 Å². The molecule has 1 aromatic heterocycles. The molecule has 1 N–H and O–H groups in total. The van der Waals surface area contributed by atoms with Crippen LogP contribution in [0.3, 0.4) is 0 Å². The van der Waals surface area contributed by atoms with Gasteiger partial charge in [0.1, 0.15) is 15.7 Å². The van der Waals surface area contributed by atoms with Crippen molar-refractivity contribution in [2.24, 2.45) is 5.92 Å². The minimum Gasteiger partial charge on any atom is -0.375 e. The van der Waals surface area contributed by atoms with Crippen LogP contribution in [0.15, 0.2) is 29.2 Å². The maximum atomic E-state index is 15.4. The highest BCUT2D eigenvalue weighted by molar-refractivity contribution is 7.92. The Morgan fingerprint density at radius 2 is 2.09 bits per heavy atom. The summed E-state index contributed by atoms with van der Waals surface area (Å²) in [6, 6.07) is 5.23. The average molecular weight is 515 g/mol. The number of sulfonamides is 1. The number of halogens is 3. The lowest BCUT2D eigenvalue weighted by molar-refractivity contribution is -0.0156. The molecule has 0 saturated carbocycles. The van der Waals surface area contributed by atoms with Crippen LogP contribution >= 0.6 is 11.6 Å². The zero-order chi connectivity index (χ0) is 24.7. The Bertz CT molecular complexity index is 1180. The minimum atomic E-state index is -4.39. The van der Waals surface area contributed by atoms with E-state index in [1.807, 2.05) is 4.90 Å². The van der Waals surface area contributed by atoms with Gasteiger partial charge in [0, 0.05) is 33.3 Å². The van der Waals surface area contributed by atoms with Gasteiger partial charge >= 0.3 is 0 Å². The van der Waals surface area contributed by atoms with Crippen molar-refractivity contribution in [1.29, 1.82) is 0 Å². The Hall–Kier alpha value is -2.01. The summed E-state index contributed by atoms with van der Waals surface area (Å²) in [6.45, 7) is 7.69. The van der Waals surface area contributed by atoms with Crippen LogP contribution in [-0.4, -0.2) is 63.7 Å². The van der Waals surface area contributed by atoms with Gasteiger partial charge in [-0.1, -0.05) is 24.6 Å². The van der Waals surface area contributed by atoms with Crippen LogP contribution in [0.25, 0.3) is 0 Å². The van der Waals surface area contributed by atoms with Crippen molar-refractivity contribution in [2.45, 2.75) is 37.2 Å². The Kier molecular flexibility index (Phi) is 7.06. The highest BCUT2D eigenvalue weighted by Crippen LogP contribution is 2.39. The topological polar surface area (TPSA) is 74.8 Å². The van der Waals surface area contributed by atoms with Gasteiger partial charge in [-0.2, -0.15) is 4.39 Å². The molecule has 0 unspecified atom stereocenters. The van der Waals surface area contributed by atoms with Crippen LogP contribution < -0.4 is 9.62 Å². The predicted octanol–water partition coefficient (Wildman–Crippen LogP) is 4.06. The molecule has 11 heteroatoms. The minimum absolute atomic E-state index is 0.184. The summed E-state index contributed by atoms with van der Waals surface area (Å²) < 4.78 is 62.6. The van der Waals surface area contributed by atoms with Crippen molar-refractivity contribution in [3.63, 3.8) is 0 Å². The van der Waals surface area contributed by atoms with Gasteiger partial charge in [0.05, 0.1) is 11.3 Å². The number of rotatable bonds is 7. The van der Waals surface area contributed by atoms with Gasteiger partial charge in [0.25, 0.3) is 10.0 Å². The van der Waals surface area contributed by atoms with Gasteiger partial charge in [-0.3, -0.25) is 4.72 Å². The van der Waals surface area contributed by atoms with Gasteiger partial charge in [0.15, 0.2) is 5.82 Å². The molecule has 0 amide bonds. The van der Waals surface area contributed by atoms with Crippen LogP contribution in [-0.2, 0) is 14.8 Å². The summed E-state index contributed by atoms with van der Waals surface area (Å²) in [5.74, 6) is -1.50. The molecule has 2 atom stereocenters. The third-order valence-corrected chi connectivity index (χ3v) is 8.54. The van der Waals surface area contributed by atoms with Gasteiger partial charge < -0.3 is 14.5 Å². The second-order valence-corrected chi connectivity index (χ2v) is 11.3. The largest absolute Gasteiger partial charge is 0.375 e. The van der Waals surface area contributed by atoms with Gasteiger partial charge in [0.2, 0.25) is 5.95 Å². The first-order chi connectivity index (χ1) is 16.0. The van der Waals surface area contributed by atoms with E-state index in [2.05, 4.69) is 21.5 Å². The maximum Gasteiger partial charge on any atom is 0.266 e. The quantitative estimate of drug-likeness (QED) is 0.562. The van der Waals surface area contributed by atoms with Crippen LogP contribution in [0.5, 0.6) is 0 Å². The number of benzene rings is 1. The molecule has 2 fully saturated rings. The number of ether oxygens (including phenoxy) is 1. The van der Waals surface area contributed by atoms with Crippen molar-refractivity contribution < 1.29 is 21.9 Å². The number of pyridine rings is 1. The predicted molar refractivity (Wildman–Crippen MR) is 128 cm³/mol. The zero-order valence-corrected chi connectivity index (χ0v) is 21.0. The van der Waals surface area contributed by atoms with Crippen LogP contribution in [0, 0.1) is 24.6 Å². The number of likely N-dealkylation sites (tertiary alicyclic amines) is 1. The number of aromatic nitrogens is 1. The van der Waals surface area contributed by atoms with Crippen molar-refractivity contribution >= 4 is 33.1 Å². The van der Waals surface area contributed by atoms with Crippen molar-refractivity contribution in [3.8, 4) is 0 Å². The van der Waals surface area contributed by atoms with E-state index in [9.17, 15) is 12.8 Å². The zero-order valence-electron chi connectivity index (χ0n) is 19.4. The fourth-order valence-corrected chi connectivity index (χ4v) is 6.56. The summed E-state index contributed by atoms with van der Waals surface area (Å²) >= 11 is 6.37. The Morgan fingerprint density at radius 3 is 2.74 bits per heavy atom. The molecule has 7 nitrogen and oxygen atoms in total. The second-order valence-electron chi connectivity index (χ2n) is 9.31. The molecule has 0 spiro atoms. The van der Waals surface area contributed by atoms with E-state index in [-0.39, 0.29) is 16.4 Å². The first-order valence-electron chi connectivity index (χ1n) is 11.2. The Morgan fingerprint density at radius 1 is 1.32 bits per heavy atom. The first kappa shape index (κ1) is 25.1. The standard InChI is InChI=1S/C23H29ClF2N4O3S/c1-15-7-9-29(12-15)13-23(33-3)8-10-30(14-23)17-11-16(2)22(21(26)20(17)24)34(31,32)28-19-6-4-5-18(25)27-19/h4-6,11,15H,7-10,12-14H2,1-3H3,(H,27,28)/t15-,23+/m0/s1. The van der Waals surface area contributed by atoms with E-state index >= 15 is 4.39 Å². The fourth-order valence-electron chi connectivity index (χ4n) is 4.92. The summed E-state index contributed by atoms with van der Waals surface area (Å²) in [4.78, 5) is 7.23. The molecule has 34 heavy (non-hydrogen) atoms. The van der Waals surface area contributed by atoms with E-state index in [4.69, 9.17) is 16.3 Å². The number of nitrogens with zero attached hydrogens (tertiary/aromatic N) is 3. The lowest BCUT2D eigenvalue weighted by atomic mass is 10.0. The van der Waals surface area contributed by atoms with Gasteiger partial charge in [-0.05, 0) is 56.0 Å². The molecule has 1 aromatic carbocycles. The maximum absolute atomic E-state index is 15.4. The molecule has 2 aliphatic heterocycles. The van der Waals surface area contributed by atoms with E-state index in [0.717, 1.165) is 38.5 Å². The normalized spacial score (nSPS) is 23.6. The van der Waals surface area contributed by atoms with Crippen molar-refractivity contribution in [3.05, 3.63) is 46.6 Å². The SMILES string of the molecule is CO[C@@]1(CN2CC[C@H](C)C2)CCN(c2cc(C)c(S(=O)(=O)Nc3cccc(F)n3)c(F)c2Cl)C1. The number of nitrogens with one attached hydrogen (secondary N) is 1. The monoisotopic (exact) mass is 514 g/mol. The van der Waals surface area contributed by atoms with Crippen LogP contribution in [0.2, 0.25) is 5.02 Å². The molecule has 186 valence electrons.